The van der Waals surface area contributed by atoms with Gasteiger partial charge in [-0.25, -0.2) is 4.79 Å². The van der Waals surface area contributed by atoms with E-state index in [0.29, 0.717) is 46.0 Å². The first-order valence-electron chi connectivity index (χ1n) is 13.8. The summed E-state index contributed by atoms with van der Waals surface area (Å²) in [5, 5.41) is 2.37. The Morgan fingerprint density at radius 2 is 1.55 bits per heavy atom. The van der Waals surface area contributed by atoms with Crippen molar-refractivity contribution in [2.24, 2.45) is 0 Å². The molecule has 6 heterocycles. The number of hydrogen-bond donors (Lipinski definition) is 0. The normalized spacial score (nSPS) is 25.2. The van der Waals surface area contributed by atoms with Crippen LogP contribution in [0.25, 0.3) is 39.0 Å². The van der Waals surface area contributed by atoms with Crippen LogP contribution >= 0.6 is 0 Å². The maximum Gasteiger partial charge on any atom is 0.350 e. The SMILES string of the molecule is CC1(C)OC1COc1c2c(cc3occc13)O[C@]1(C=C2)O[C@H](COc2c3occc3cc3ccc(=O)oc23)C(C)(C)O1. The van der Waals surface area contributed by atoms with E-state index < -0.39 is 23.3 Å². The molecule has 0 amide bonds. The van der Waals surface area contributed by atoms with Gasteiger partial charge in [0.15, 0.2) is 11.2 Å². The summed E-state index contributed by atoms with van der Waals surface area (Å²) in [7, 11) is 0. The van der Waals surface area contributed by atoms with E-state index in [1.165, 1.54) is 6.07 Å². The Morgan fingerprint density at radius 3 is 2.36 bits per heavy atom. The van der Waals surface area contributed by atoms with Crippen molar-refractivity contribution in [3.05, 3.63) is 71.0 Å². The van der Waals surface area contributed by atoms with Crippen LogP contribution in [0.5, 0.6) is 17.2 Å². The van der Waals surface area contributed by atoms with Crippen LogP contribution in [-0.2, 0) is 14.2 Å². The van der Waals surface area contributed by atoms with Crippen LogP contribution in [0.2, 0.25) is 0 Å². The fourth-order valence-corrected chi connectivity index (χ4v) is 5.62. The second-order valence-corrected chi connectivity index (χ2v) is 11.9. The molecule has 1 unspecified atom stereocenters. The van der Waals surface area contributed by atoms with E-state index in [9.17, 15) is 4.79 Å². The molecule has 0 N–H and O–H groups in total. The molecular weight excluding hydrogens is 544 g/mol. The van der Waals surface area contributed by atoms with Gasteiger partial charge in [0.05, 0.1) is 34.7 Å². The van der Waals surface area contributed by atoms with Gasteiger partial charge in [0, 0.05) is 29.0 Å². The maximum absolute atomic E-state index is 12.0. The van der Waals surface area contributed by atoms with E-state index in [0.717, 1.165) is 16.3 Å². The molecule has 0 radical (unpaired) electrons. The van der Waals surface area contributed by atoms with Crippen molar-refractivity contribution in [2.75, 3.05) is 13.2 Å². The zero-order chi connectivity index (χ0) is 28.9. The first-order chi connectivity index (χ1) is 20.1. The van der Waals surface area contributed by atoms with Crippen molar-refractivity contribution in [2.45, 2.75) is 57.1 Å². The lowest BCUT2D eigenvalue weighted by molar-refractivity contribution is -0.271. The molecule has 216 valence electrons. The van der Waals surface area contributed by atoms with E-state index in [-0.39, 0.29) is 18.3 Å². The van der Waals surface area contributed by atoms with Gasteiger partial charge in [-0.2, -0.15) is 0 Å². The zero-order valence-corrected chi connectivity index (χ0v) is 23.4. The Labute approximate surface area is 239 Å². The highest BCUT2D eigenvalue weighted by atomic mass is 16.9. The summed E-state index contributed by atoms with van der Waals surface area (Å²) in [5.74, 6) is -0.0439. The molecule has 2 aromatic carbocycles. The van der Waals surface area contributed by atoms with Crippen molar-refractivity contribution in [3.8, 4) is 17.2 Å². The summed E-state index contributed by atoms with van der Waals surface area (Å²) in [4.78, 5) is 12.0. The molecule has 1 spiro atoms. The third-order valence-corrected chi connectivity index (χ3v) is 8.11. The smallest absolute Gasteiger partial charge is 0.350 e. The Hall–Kier alpha value is -4.25. The van der Waals surface area contributed by atoms with Crippen LogP contribution in [0.1, 0.15) is 33.3 Å². The summed E-state index contributed by atoms with van der Waals surface area (Å²) in [6.07, 6.45) is 6.23. The summed E-state index contributed by atoms with van der Waals surface area (Å²) in [6.45, 7) is 8.33. The number of fused-ring (bicyclic) bond motifs is 4. The van der Waals surface area contributed by atoms with Gasteiger partial charge in [-0.3, -0.25) is 0 Å². The Kier molecular flexibility index (Phi) is 5.23. The van der Waals surface area contributed by atoms with Crippen LogP contribution < -0.4 is 19.8 Å². The van der Waals surface area contributed by atoms with Gasteiger partial charge < -0.3 is 41.7 Å². The zero-order valence-electron chi connectivity index (χ0n) is 23.4. The van der Waals surface area contributed by atoms with E-state index in [1.807, 2.05) is 52.0 Å². The number of ether oxygens (including phenoxy) is 6. The molecule has 10 heteroatoms. The second-order valence-electron chi connectivity index (χ2n) is 11.9. The first kappa shape index (κ1) is 25.5. The Balaban J connectivity index is 1.08. The predicted octanol–water partition coefficient (Wildman–Crippen LogP) is 6.17. The minimum Gasteiger partial charge on any atom is -0.489 e. The molecule has 2 fully saturated rings. The summed E-state index contributed by atoms with van der Waals surface area (Å²) in [5.41, 5.74) is 0.633. The van der Waals surface area contributed by atoms with Gasteiger partial charge in [-0.05, 0) is 58.0 Å². The van der Waals surface area contributed by atoms with E-state index in [1.54, 1.807) is 30.7 Å². The highest BCUT2D eigenvalue weighted by Gasteiger charge is 2.55. The number of benzene rings is 2. The van der Waals surface area contributed by atoms with Crippen LogP contribution in [0.3, 0.4) is 0 Å². The Morgan fingerprint density at radius 1 is 0.810 bits per heavy atom. The highest BCUT2D eigenvalue weighted by molar-refractivity contribution is 6.00. The molecule has 10 nitrogen and oxygen atoms in total. The van der Waals surface area contributed by atoms with Crippen molar-refractivity contribution in [3.63, 3.8) is 0 Å². The molecule has 3 aliphatic heterocycles. The molecule has 3 atom stereocenters. The molecule has 5 aromatic rings. The van der Waals surface area contributed by atoms with Crippen molar-refractivity contribution in [1.82, 2.24) is 0 Å². The fraction of sp³-hybridized carbons (Fsp3) is 0.344. The van der Waals surface area contributed by atoms with Crippen LogP contribution in [0.4, 0.5) is 0 Å². The summed E-state index contributed by atoms with van der Waals surface area (Å²) in [6, 6.07) is 10.4. The predicted molar refractivity (Wildman–Crippen MR) is 151 cm³/mol. The maximum atomic E-state index is 12.0. The topological polar surface area (TPSA) is 115 Å². The Bertz CT molecular complexity index is 1960. The molecule has 0 aliphatic carbocycles. The van der Waals surface area contributed by atoms with E-state index in [4.69, 9.17) is 41.7 Å². The van der Waals surface area contributed by atoms with Crippen molar-refractivity contribution >= 4 is 39.0 Å². The quantitative estimate of drug-likeness (QED) is 0.173. The van der Waals surface area contributed by atoms with Gasteiger partial charge in [0.25, 0.3) is 0 Å². The first-order valence-corrected chi connectivity index (χ1v) is 13.8. The number of furan rings is 2. The van der Waals surface area contributed by atoms with Crippen LogP contribution in [0, 0.1) is 0 Å². The number of epoxide rings is 1. The van der Waals surface area contributed by atoms with Gasteiger partial charge >= 0.3 is 11.6 Å². The average Bonchev–Trinajstić information content (AvgIpc) is 3.35. The molecular formula is C32H28O10. The minimum atomic E-state index is -1.50. The third kappa shape index (κ3) is 4.01. The van der Waals surface area contributed by atoms with E-state index >= 15 is 0 Å². The monoisotopic (exact) mass is 572 g/mol. The van der Waals surface area contributed by atoms with Gasteiger partial charge in [0.1, 0.15) is 42.5 Å². The molecule has 42 heavy (non-hydrogen) atoms. The molecule has 3 aliphatic rings. The second kappa shape index (κ2) is 8.64. The highest BCUT2D eigenvalue weighted by Crippen LogP contribution is 2.48. The van der Waals surface area contributed by atoms with Gasteiger partial charge in [-0.1, -0.05) is 0 Å². The molecule has 8 rings (SSSR count). The molecule has 0 saturated carbocycles. The lowest BCUT2D eigenvalue weighted by atomic mass is 10.0. The van der Waals surface area contributed by atoms with Crippen LogP contribution in [-0.4, -0.2) is 42.6 Å². The van der Waals surface area contributed by atoms with Crippen LogP contribution in [0.15, 0.2) is 73.0 Å². The number of rotatable bonds is 6. The largest absolute Gasteiger partial charge is 0.489 e. The van der Waals surface area contributed by atoms with Gasteiger partial charge in [0.2, 0.25) is 5.75 Å². The van der Waals surface area contributed by atoms with Crippen molar-refractivity contribution < 1.29 is 41.7 Å². The summed E-state index contributed by atoms with van der Waals surface area (Å²) < 4.78 is 54.3. The molecule has 3 aromatic heterocycles. The lowest BCUT2D eigenvalue weighted by Gasteiger charge is -2.30. The summed E-state index contributed by atoms with van der Waals surface area (Å²) >= 11 is 0. The van der Waals surface area contributed by atoms with Crippen molar-refractivity contribution in [1.29, 1.82) is 0 Å². The molecule has 2 saturated heterocycles. The number of hydrogen-bond acceptors (Lipinski definition) is 10. The lowest BCUT2D eigenvalue weighted by Crippen LogP contribution is -2.39. The fourth-order valence-electron chi connectivity index (χ4n) is 5.62. The molecule has 0 bridgehead atoms. The average molecular weight is 573 g/mol. The van der Waals surface area contributed by atoms with Gasteiger partial charge in [-0.15, -0.1) is 0 Å². The third-order valence-electron chi connectivity index (χ3n) is 8.11. The standard InChI is InChI=1S/C32H28O10/c1-30(2)23(40-30)15-36-28-19-7-10-32(39-22(19)14-21-20(28)9-12-34-21)41-24(31(3,4)42-32)16-37-29-26-18(8-11-35-26)13-17-5-6-25(33)38-27(17)29/h5-14,23-24H,15-16H2,1-4H3/t23?,24-,32-/m1/s1. The minimum absolute atomic E-state index is 0.00960. The van der Waals surface area contributed by atoms with E-state index in [2.05, 4.69) is 0 Å².